The van der Waals surface area contributed by atoms with Gasteiger partial charge in [0.15, 0.2) is 0 Å². The molecule has 1 N–H and O–H groups in total. The molecular weight excluding hydrogens is 360 g/mol. The SMILES string of the molecule is Cc1cc(C)c2nc(-c3cnc(OCCCC4CCN(C)CC4)cc3C)[nH]c2c1. The zero-order chi connectivity index (χ0) is 20.4. The summed E-state index contributed by atoms with van der Waals surface area (Å²) in [6, 6.07) is 6.33. The fraction of sp³-hybridized carbons (Fsp3) is 0.500. The van der Waals surface area contributed by atoms with Gasteiger partial charge in [0.2, 0.25) is 5.88 Å². The number of rotatable bonds is 6. The van der Waals surface area contributed by atoms with Gasteiger partial charge in [-0.05, 0) is 95.3 Å². The predicted octanol–water partition coefficient (Wildman–Crippen LogP) is 5.05. The van der Waals surface area contributed by atoms with Crippen LogP contribution in [-0.4, -0.2) is 46.6 Å². The molecule has 1 saturated heterocycles. The predicted molar refractivity (Wildman–Crippen MR) is 118 cm³/mol. The summed E-state index contributed by atoms with van der Waals surface area (Å²) in [4.78, 5) is 15.2. The Kier molecular flexibility index (Phi) is 5.86. The number of nitrogens with one attached hydrogen (secondary N) is 1. The zero-order valence-corrected chi connectivity index (χ0v) is 18.1. The molecule has 5 nitrogen and oxygen atoms in total. The minimum atomic E-state index is 0.706. The summed E-state index contributed by atoms with van der Waals surface area (Å²) >= 11 is 0. The Morgan fingerprint density at radius 3 is 2.66 bits per heavy atom. The normalized spacial score (nSPS) is 15.9. The third-order valence-corrected chi connectivity index (χ3v) is 6.11. The van der Waals surface area contributed by atoms with Crippen molar-refractivity contribution in [1.82, 2.24) is 19.9 Å². The van der Waals surface area contributed by atoms with Crippen LogP contribution in [0.1, 0.15) is 42.4 Å². The maximum absolute atomic E-state index is 5.93. The summed E-state index contributed by atoms with van der Waals surface area (Å²) in [7, 11) is 2.21. The number of H-pyrrole nitrogens is 1. The third kappa shape index (κ3) is 4.61. The van der Waals surface area contributed by atoms with E-state index in [9.17, 15) is 0 Å². The first-order valence-corrected chi connectivity index (χ1v) is 10.7. The van der Waals surface area contributed by atoms with E-state index in [1.54, 1.807) is 0 Å². The first-order chi connectivity index (χ1) is 14.0. The molecule has 1 aliphatic rings. The minimum absolute atomic E-state index is 0.706. The summed E-state index contributed by atoms with van der Waals surface area (Å²) in [6.07, 6.45) is 6.86. The maximum Gasteiger partial charge on any atom is 0.213 e. The van der Waals surface area contributed by atoms with Crippen LogP contribution in [0, 0.1) is 26.7 Å². The largest absolute Gasteiger partial charge is 0.478 e. The Balaban J connectivity index is 1.37. The highest BCUT2D eigenvalue weighted by Crippen LogP contribution is 2.27. The van der Waals surface area contributed by atoms with Crippen molar-refractivity contribution in [2.45, 2.75) is 46.5 Å². The monoisotopic (exact) mass is 392 g/mol. The van der Waals surface area contributed by atoms with Crippen LogP contribution in [-0.2, 0) is 0 Å². The minimum Gasteiger partial charge on any atom is -0.478 e. The summed E-state index contributed by atoms with van der Waals surface area (Å²) in [5, 5.41) is 0. The van der Waals surface area contributed by atoms with Gasteiger partial charge in [-0.2, -0.15) is 0 Å². The molecule has 0 saturated carbocycles. The number of aromatic amines is 1. The van der Waals surface area contributed by atoms with E-state index in [0.29, 0.717) is 5.88 Å². The van der Waals surface area contributed by atoms with Crippen LogP contribution >= 0.6 is 0 Å². The van der Waals surface area contributed by atoms with Crippen LogP contribution in [0.5, 0.6) is 5.88 Å². The fourth-order valence-corrected chi connectivity index (χ4v) is 4.36. The highest BCUT2D eigenvalue weighted by molar-refractivity contribution is 5.83. The van der Waals surface area contributed by atoms with Crippen LogP contribution in [0.4, 0.5) is 0 Å². The standard InChI is InChI=1S/C24H32N4O/c1-16-12-18(3)23-21(13-16)26-24(27-23)20-15-25-22(14-17(20)2)29-11-5-6-19-7-9-28(4)10-8-19/h12-15,19H,5-11H2,1-4H3,(H,26,27). The van der Waals surface area contributed by atoms with Gasteiger partial charge in [0.1, 0.15) is 5.82 Å². The molecule has 3 heterocycles. The number of hydrogen-bond acceptors (Lipinski definition) is 4. The lowest BCUT2D eigenvalue weighted by molar-refractivity contribution is 0.199. The first-order valence-electron chi connectivity index (χ1n) is 10.7. The molecule has 154 valence electrons. The van der Waals surface area contributed by atoms with Gasteiger partial charge in [-0.3, -0.25) is 0 Å². The number of hydrogen-bond donors (Lipinski definition) is 1. The molecule has 0 radical (unpaired) electrons. The number of fused-ring (bicyclic) bond motifs is 1. The lowest BCUT2D eigenvalue weighted by Gasteiger charge is -2.28. The maximum atomic E-state index is 5.93. The van der Waals surface area contributed by atoms with Crippen molar-refractivity contribution in [2.24, 2.45) is 5.92 Å². The summed E-state index contributed by atoms with van der Waals surface area (Å²) in [5.41, 5.74) is 6.68. The lowest BCUT2D eigenvalue weighted by atomic mass is 9.93. The lowest BCUT2D eigenvalue weighted by Crippen LogP contribution is -2.30. The number of pyridine rings is 1. The number of aromatic nitrogens is 3. The van der Waals surface area contributed by atoms with Gasteiger partial charge in [-0.1, -0.05) is 6.07 Å². The molecule has 0 amide bonds. The Morgan fingerprint density at radius 1 is 1.10 bits per heavy atom. The molecule has 2 aromatic heterocycles. The molecule has 0 aliphatic carbocycles. The summed E-state index contributed by atoms with van der Waals surface area (Å²) in [6.45, 7) is 9.50. The van der Waals surface area contributed by atoms with Crippen LogP contribution in [0.2, 0.25) is 0 Å². The molecular formula is C24H32N4O. The van der Waals surface area contributed by atoms with E-state index in [1.807, 2.05) is 12.3 Å². The van der Waals surface area contributed by atoms with Gasteiger partial charge >= 0.3 is 0 Å². The highest BCUT2D eigenvalue weighted by atomic mass is 16.5. The molecule has 5 heteroatoms. The second kappa shape index (κ2) is 8.54. The number of nitrogens with zero attached hydrogens (tertiary/aromatic N) is 3. The van der Waals surface area contributed by atoms with Gasteiger partial charge in [0.25, 0.3) is 0 Å². The van der Waals surface area contributed by atoms with E-state index in [4.69, 9.17) is 9.72 Å². The van der Waals surface area contributed by atoms with Gasteiger partial charge < -0.3 is 14.6 Å². The zero-order valence-electron chi connectivity index (χ0n) is 18.1. The number of aryl methyl sites for hydroxylation is 3. The van der Waals surface area contributed by atoms with Crippen molar-refractivity contribution in [3.05, 3.63) is 41.1 Å². The molecule has 3 aromatic rings. The average molecular weight is 393 g/mol. The number of ether oxygens (including phenoxy) is 1. The second-order valence-corrected chi connectivity index (χ2v) is 8.64. The molecule has 0 spiro atoms. The number of piperidine rings is 1. The fourth-order valence-electron chi connectivity index (χ4n) is 4.36. The van der Waals surface area contributed by atoms with Crippen LogP contribution in [0.15, 0.2) is 24.4 Å². The molecule has 4 rings (SSSR count). The average Bonchev–Trinajstić information content (AvgIpc) is 3.11. The smallest absolute Gasteiger partial charge is 0.213 e. The van der Waals surface area contributed by atoms with Crippen LogP contribution < -0.4 is 4.74 Å². The molecule has 1 aliphatic heterocycles. The van der Waals surface area contributed by atoms with Crippen molar-refractivity contribution < 1.29 is 4.74 Å². The van der Waals surface area contributed by atoms with Crippen molar-refractivity contribution in [3.63, 3.8) is 0 Å². The topological polar surface area (TPSA) is 54.0 Å². The van der Waals surface area contributed by atoms with E-state index in [2.05, 4.69) is 54.8 Å². The van der Waals surface area contributed by atoms with Gasteiger partial charge in [-0.25, -0.2) is 9.97 Å². The molecule has 29 heavy (non-hydrogen) atoms. The van der Waals surface area contributed by atoms with Crippen LogP contribution in [0.3, 0.4) is 0 Å². The molecule has 1 aromatic carbocycles. The van der Waals surface area contributed by atoms with E-state index < -0.39 is 0 Å². The molecule has 0 atom stereocenters. The van der Waals surface area contributed by atoms with E-state index in [0.717, 1.165) is 46.9 Å². The van der Waals surface area contributed by atoms with Crippen molar-refractivity contribution in [3.8, 4) is 17.3 Å². The van der Waals surface area contributed by atoms with Gasteiger partial charge in [-0.15, -0.1) is 0 Å². The number of imidazole rings is 1. The highest BCUT2D eigenvalue weighted by Gasteiger charge is 2.16. The Labute approximate surface area is 173 Å². The van der Waals surface area contributed by atoms with Gasteiger partial charge in [0, 0.05) is 17.8 Å². The number of likely N-dealkylation sites (tertiary alicyclic amines) is 1. The van der Waals surface area contributed by atoms with E-state index in [1.165, 1.54) is 43.5 Å². The molecule has 1 fully saturated rings. The molecule has 0 bridgehead atoms. The van der Waals surface area contributed by atoms with E-state index >= 15 is 0 Å². The van der Waals surface area contributed by atoms with Crippen LogP contribution in [0.25, 0.3) is 22.4 Å². The van der Waals surface area contributed by atoms with Crippen molar-refractivity contribution in [2.75, 3.05) is 26.7 Å². The third-order valence-electron chi connectivity index (χ3n) is 6.11. The Morgan fingerprint density at radius 2 is 1.90 bits per heavy atom. The first kappa shape index (κ1) is 19.9. The number of benzene rings is 1. The van der Waals surface area contributed by atoms with Gasteiger partial charge in [0.05, 0.1) is 17.6 Å². The summed E-state index contributed by atoms with van der Waals surface area (Å²) in [5.74, 6) is 2.43. The molecule has 0 unspecified atom stereocenters. The Hall–Kier alpha value is -2.40. The van der Waals surface area contributed by atoms with Crippen molar-refractivity contribution in [1.29, 1.82) is 0 Å². The van der Waals surface area contributed by atoms with E-state index in [-0.39, 0.29) is 0 Å². The second-order valence-electron chi connectivity index (χ2n) is 8.64. The van der Waals surface area contributed by atoms with Crippen molar-refractivity contribution >= 4 is 11.0 Å². The summed E-state index contributed by atoms with van der Waals surface area (Å²) < 4.78 is 5.93. The Bertz CT molecular complexity index is 986. The quantitative estimate of drug-likeness (QED) is 0.596.